The number of ether oxygens (including phenoxy) is 2. The number of piperidine rings is 1. The van der Waals surface area contributed by atoms with Gasteiger partial charge in [-0.05, 0) is 73.9 Å². The van der Waals surface area contributed by atoms with Gasteiger partial charge >= 0.3 is 0 Å². The van der Waals surface area contributed by atoms with E-state index in [1.54, 1.807) is 0 Å². The molecule has 0 aromatic heterocycles. The molecule has 0 unspecified atom stereocenters. The minimum Gasteiger partial charge on any atom is -0.490 e. The van der Waals surface area contributed by atoms with Gasteiger partial charge in [-0.15, -0.1) is 0 Å². The van der Waals surface area contributed by atoms with Crippen molar-refractivity contribution in [3.8, 4) is 11.5 Å². The molecule has 1 saturated heterocycles. The summed E-state index contributed by atoms with van der Waals surface area (Å²) < 4.78 is 11.8. The summed E-state index contributed by atoms with van der Waals surface area (Å²) in [6.45, 7) is 9.37. The average Bonchev–Trinajstić information content (AvgIpc) is 2.85. The molecule has 34 heavy (non-hydrogen) atoms. The van der Waals surface area contributed by atoms with Crippen molar-refractivity contribution in [2.75, 3.05) is 32.8 Å². The summed E-state index contributed by atoms with van der Waals surface area (Å²) >= 11 is 0. The zero-order valence-corrected chi connectivity index (χ0v) is 20.4. The van der Waals surface area contributed by atoms with Crippen molar-refractivity contribution in [2.45, 2.75) is 52.0 Å². The quantitative estimate of drug-likeness (QED) is 0.653. The number of carbonyl (C=O) groups excluding carboxylic acids is 2. The highest BCUT2D eigenvalue weighted by Gasteiger charge is 2.48. The molecular weight excluding hydrogens is 428 g/mol. The van der Waals surface area contributed by atoms with Gasteiger partial charge in [-0.1, -0.05) is 25.1 Å². The summed E-state index contributed by atoms with van der Waals surface area (Å²) in [6, 6.07) is 11.4. The molecule has 0 saturated carbocycles. The zero-order chi connectivity index (χ0) is 23.8. The molecule has 2 amide bonds. The Kier molecular flexibility index (Phi) is 6.24. The maximum Gasteiger partial charge on any atom is 0.254 e. The molecule has 1 fully saturated rings. The van der Waals surface area contributed by atoms with Gasteiger partial charge in [0.05, 0.1) is 25.2 Å². The van der Waals surface area contributed by atoms with Crippen LogP contribution in [0.5, 0.6) is 11.5 Å². The number of fused-ring (bicyclic) bond motifs is 4. The van der Waals surface area contributed by atoms with Crippen LogP contribution in [0, 0.1) is 5.92 Å². The summed E-state index contributed by atoms with van der Waals surface area (Å²) in [6.07, 6.45) is 2.78. The summed E-state index contributed by atoms with van der Waals surface area (Å²) in [5.74, 6) is 1.76. The molecule has 180 valence electrons. The van der Waals surface area contributed by atoms with Crippen molar-refractivity contribution in [2.24, 2.45) is 5.92 Å². The Bertz CT molecular complexity index is 1090. The predicted octanol–water partition coefficient (Wildman–Crippen LogP) is 4.58. The molecule has 2 atom stereocenters. The number of likely N-dealkylation sites (tertiary alicyclic amines) is 1. The highest BCUT2D eigenvalue weighted by atomic mass is 16.5. The minimum absolute atomic E-state index is 0.00871. The largest absolute Gasteiger partial charge is 0.490 e. The van der Waals surface area contributed by atoms with Gasteiger partial charge < -0.3 is 19.3 Å². The first-order valence-electron chi connectivity index (χ1n) is 12.6. The third kappa shape index (κ3) is 3.83. The van der Waals surface area contributed by atoms with E-state index < -0.39 is 5.92 Å². The monoisotopic (exact) mass is 462 g/mol. The van der Waals surface area contributed by atoms with Crippen LogP contribution in [0.25, 0.3) is 0 Å². The minimum atomic E-state index is -0.422. The molecule has 0 N–H and O–H groups in total. The number of hydrogen-bond donors (Lipinski definition) is 0. The molecule has 0 bridgehead atoms. The fourth-order valence-electron chi connectivity index (χ4n) is 5.76. The van der Waals surface area contributed by atoms with Crippen molar-refractivity contribution in [3.63, 3.8) is 0 Å². The van der Waals surface area contributed by atoms with Crippen LogP contribution in [-0.4, -0.2) is 54.5 Å². The van der Waals surface area contributed by atoms with E-state index >= 15 is 0 Å². The number of amides is 2. The lowest BCUT2D eigenvalue weighted by Crippen LogP contribution is -2.51. The number of hydrogen-bond acceptors (Lipinski definition) is 4. The predicted molar refractivity (Wildman–Crippen MR) is 130 cm³/mol. The summed E-state index contributed by atoms with van der Waals surface area (Å²) in [5.41, 5.74) is 3.63. The Morgan fingerprint density at radius 2 is 1.65 bits per heavy atom. The van der Waals surface area contributed by atoms with Crippen LogP contribution in [0.15, 0.2) is 36.4 Å². The van der Waals surface area contributed by atoms with E-state index in [-0.39, 0.29) is 17.9 Å². The van der Waals surface area contributed by atoms with Crippen LogP contribution in [0.3, 0.4) is 0 Å². The SMILES string of the molecule is CCOc1cc2c(cc1OCC)[C@H]1[C@@H](C(=O)N3CCC(C)CC3)c3ccccc3C(=O)N1CC2. The van der Waals surface area contributed by atoms with Gasteiger partial charge in [0.25, 0.3) is 5.91 Å². The van der Waals surface area contributed by atoms with E-state index in [2.05, 4.69) is 13.0 Å². The Balaban J connectivity index is 1.63. The van der Waals surface area contributed by atoms with Crippen LogP contribution in [0.1, 0.15) is 72.6 Å². The molecule has 6 heteroatoms. The van der Waals surface area contributed by atoms with E-state index in [0.29, 0.717) is 37.0 Å². The lowest BCUT2D eigenvalue weighted by Gasteiger charge is -2.47. The third-order valence-corrected chi connectivity index (χ3v) is 7.55. The Morgan fingerprint density at radius 3 is 2.35 bits per heavy atom. The highest BCUT2D eigenvalue weighted by molar-refractivity contribution is 6.01. The summed E-state index contributed by atoms with van der Waals surface area (Å²) in [7, 11) is 0. The van der Waals surface area contributed by atoms with E-state index in [4.69, 9.17) is 9.47 Å². The van der Waals surface area contributed by atoms with Crippen LogP contribution >= 0.6 is 0 Å². The molecule has 2 aromatic rings. The molecule has 3 aliphatic heterocycles. The van der Waals surface area contributed by atoms with Crippen molar-refractivity contribution < 1.29 is 19.1 Å². The first-order chi connectivity index (χ1) is 16.5. The fraction of sp³-hybridized carbons (Fsp3) is 0.500. The van der Waals surface area contributed by atoms with E-state index in [9.17, 15) is 9.59 Å². The second-order valence-electron chi connectivity index (χ2n) is 9.63. The number of carbonyl (C=O) groups is 2. The summed E-state index contributed by atoms with van der Waals surface area (Å²) in [5, 5.41) is 0. The molecule has 2 aromatic carbocycles. The maximum atomic E-state index is 14.1. The third-order valence-electron chi connectivity index (χ3n) is 7.55. The van der Waals surface area contributed by atoms with Crippen molar-refractivity contribution in [1.29, 1.82) is 0 Å². The van der Waals surface area contributed by atoms with Gasteiger partial charge in [0.15, 0.2) is 11.5 Å². The molecule has 0 radical (unpaired) electrons. The summed E-state index contributed by atoms with van der Waals surface area (Å²) in [4.78, 5) is 31.6. The van der Waals surface area contributed by atoms with Gasteiger partial charge in [-0.3, -0.25) is 9.59 Å². The lowest BCUT2D eigenvalue weighted by molar-refractivity contribution is -0.136. The topological polar surface area (TPSA) is 59.1 Å². The van der Waals surface area contributed by atoms with Gasteiger partial charge in [0, 0.05) is 25.2 Å². The van der Waals surface area contributed by atoms with Crippen LogP contribution in [0.2, 0.25) is 0 Å². The lowest BCUT2D eigenvalue weighted by atomic mass is 9.75. The molecular formula is C28H34N2O4. The van der Waals surface area contributed by atoms with Crippen LogP contribution < -0.4 is 9.47 Å². The molecule has 0 aliphatic carbocycles. The highest BCUT2D eigenvalue weighted by Crippen LogP contribution is 2.49. The zero-order valence-electron chi connectivity index (χ0n) is 20.4. The second-order valence-corrected chi connectivity index (χ2v) is 9.63. The van der Waals surface area contributed by atoms with Crippen LogP contribution in [-0.2, 0) is 11.2 Å². The Hall–Kier alpha value is -3.02. The molecule has 3 aliphatic rings. The fourth-order valence-corrected chi connectivity index (χ4v) is 5.76. The van der Waals surface area contributed by atoms with E-state index in [1.165, 1.54) is 0 Å². The first kappa shape index (κ1) is 22.8. The molecule has 6 nitrogen and oxygen atoms in total. The Labute approximate surface area is 201 Å². The number of nitrogens with zero attached hydrogens (tertiary/aromatic N) is 2. The van der Waals surface area contributed by atoms with Gasteiger partial charge in [0.2, 0.25) is 5.91 Å². The molecule has 0 spiro atoms. The molecule has 3 heterocycles. The van der Waals surface area contributed by atoms with Crippen molar-refractivity contribution >= 4 is 11.8 Å². The van der Waals surface area contributed by atoms with Crippen molar-refractivity contribution in [1.82, 2.24) is 9.80 Å². The van der Waals surface area contributed by atoms with E-state index in [0.717, 1.165) is 54.8 Å². The first-order valence-corrected chi connectivity index (χ1v) is 12.6. The second kappa shape index (κ2) is 9.32. The molecule has 5 rings (SSSR count). The van der Waals surface area contributed by atoms with Crippen molar-refractivity contribution in [3.05, 3.63) is 58.7 Å². The number of rotatable bonds is 5. The number of benzene rings is 2. The smallest absolute Gasteiger partial charge is 0.254 e. The maximum absolute atomic E-state index is 14.1. The van der Waals surface area contributed by atoms with Gasteiger partial charge in [0.1, 0.15) is 0 Å². The normalized spacial score (nSPS) is 22.0. The van der Waals surface area contributed by atoms with Crippen LogP contribution in [0.4, 0.5) is 0 Å². The van der Waals surface area contributed by atoms with Gasteiger partial charge in [-0.2, -0.15) is 0 Å². The van der Waals surface area contributed by atoms with Gasteiger partial charge in [-0.25, -0.2) is 0 Å². The van der Waals surface area contributed by atoms with E-state index in [1.807, 2.05) is 54.0 Å². The Morgan fingerprint density at radius 1 is 0.971 bits per heavy atom. The average molecular weight is 463 g/mol. The standard InChI is InChI=1S/C28H34N2O4/c1-4-33-23-16-19-12-15-30-26(22(19)17-24(23)34-5-2)25(20-8-6-7-9-21(20)27(30)31)28(32)29-13-10-18(3)11-14-29/h6-9,16-18,25-26H,4-5,10-15H2,1-3H3/t25-,26-/m0/s1.